The van der Waals surface area contributed by atoms with Gasteiger partial charge in [-0.15, -0.1) is 0 Å². The maximum absolute atomic E-state index is 13.8. The Balaban J connectivity index is 1.71. The number of anilines is 1. The van der Waals surface area contributed by atoms with Crippen LogP contribution in [-0.4, -0.2) is 44.2 Å². The lowest BCUT2D eigenvalue weighted by Crippen LogP contribution is -2.40. The average Bonchev–Trinajstić information content (AvgIpc) is 2.80. The van der Waals surface area contributed by atoms with Crippen LogP contribution in [0.1, 0.15) is 18.9 Å². The molecule has 32 heavy (non-hydrogen) atoms. The van der Waals surface area contributed by atoms with E-state index in [1.165, 1.54) is 6.07 Å². The summed E-state index contributed by atoms with van der Waals surface area (Å²) in [5, 5.41) is 14.4. The van der Waals surface area contributed by atoms with Crippen LogP contribution in [-0.2, 0) is 20.9 Å². The number of nitriles is 1. The Bertz CT molecular complexity index is 937. The summed E-state index contributed by atoms with van der Waals surface area (Å²) in [5.74, 6) is -1.31. The number of benzene rings is 2. The molecule has 1 unspecified atom stereocenters. The predicted octanol–water partition coefficient (Wildman–Crippen LogP) is 3.04. The molecule has 2 aromatic carbocycles. The highest BCUT2D eigenvalue weighted by molar-refractivity contribution is 6.30. The van der Waals surface area contributed by atoms with E-state index in [-0.39, 0.29) is 49.6 Å². The lowest BCUT2D eigenvalue weighted by Gasteiger charge is -2.23. The van der Waals surface area contributed by atoms with Crippen molar-refractivity contribution in [1.82, 2.24) is 10.6 Å². The molecule has 0 aliphatic rings. The van der Waals surface area contributed by atoms with Crippen LogP contribution in [0.5, 0.6) is 0 Å². The molecule has 0 saturated heterocycles. The Morgan fingerprint density at radius 1 is 1.22 bits per heavy atom. The van der Waals surface area contributed by atoms with Gasteiger partial charge in [0.25, 0.3) is 0 Å². The summed E-state index contributed by atoms with van der Waals surface area (Å²) in [6, 6.07) is 15.7. The molecule has 2 aromatic rings. The molecule has 0 fully saturated rings. The number of para-hydroxylation sites is 1. The van der Waals surface area contributed by atoms with Crippen molar-refractivity contribution in [1.29, 1.82) is 5.26 Å². The third-order valence-corrected chi connectivity index (χ3v) is 4.84. The van der Waals surface area contributed by atoms with Gasteiger partial charge >= 0.3 is 5.97 Å². The van der Waals surface area contributed by atoms with Crippen LogP contribution < -0.4 is 15.5 Å². The summed E-state index contributed by atoms with van der Waals surface area (Å²) in [4.78, 5) is 26.0. The predicted molar refractivity (Wildman–Crippen MR) is 121 cm³/mol. The second-order valence-corrected chi connectivity index (χ2v) is 7.53. The minimum absolute atomic E-state index is 0.00349. The molecule has 0 aromatic heterocycles. The molecule has 2 rings (SSSR count). The molecular formula is C23H26ClFN4O3. The standard InChI is InChI=1S/C23H26ClFN4O3/c1-17(27-14-21(30)28-13-18-7-5-10-20(24)23(18)25)16-32-22(31)15-29(12-6-11-26)19-8-3-2-4-9-19/h2-5,7-10,17,27H,6,12-16H2,1H3,(H,28,30). The molecule has 7 nitrogen and oxygen atoms in total. The Morgan fingerprint density at radius 3 is 2.69 bits per heavy atom. The first-order valence-corrected chi connectivity index (χ1v) is 10.5. The van der Waals surface area contributed by atoms with E-state index in [4.69, 9.17) is 21.6 Å². The molecular weight excluding hydrogens is 435 g/mol. The van der Waals surface area contributed by atoms with Gasteiger partial charge in [-0.2, -0.15) is 5.26 Å². The summed E-state index contributed by atoms with van der Waals surface area (Å²) in [6.07, 6.45) is 0.286. The number of halogens is 2. The largest absolute Gasteiger partial charge is 0.463 e. The van der Waals surface area contributed by atoms with Crippen molar-refractivity contribution in [2.24, 2.45) is 0 Å². The monoisotopic (exact) mass is 460 g/mol. The van der Waals surface area contributed by atoms with Gasteiger partial charge in [0.05, 0.1) is 24.1 Å². The van der Waals surface area contributed by atoms with Gasteiger partial charge in [-0.1, -0.05) is 41.9 Å². The normalized spacial score (nSPS) is 11.3. The molecule has 0 aliphatic heterocycles. The third-order valence-electron chi connectivity index (χ3n) is 4.55. The number of carbonyl (C=O) groups is 2. The highest BCUT2D eigenvalue weighted by Gasteiger charge is 2.14. The Morgan fingerprint density at radius 2 is 1.97 bits per heavy atom. The molecule has 0 spiro atoms. The van der Waals surface area contributed by atoms with Crippen molar-refractivity contribution >= 4 is 29.2 Å². The van der Waals surface area contributed by atoms with Crippen molar-refractivity contribution < 1.29 is 18.7 Å². The number of hydrogen-bond donors (Lipinski definition) is 2. The molecule has 1 amide bonds. The van der Waals surface area contributed by atoms with Crippen molar-refractivity contribution in [2.75, 3.05) is 31.1 Å². The van der Waals surface area contributed by atoms with Gasteiger partial charge in [-0.3, -0.25) is 9.59 Å². The van der Waals surface area contributed by atoms with Gasteiger partial charge in [0.1, 0.15) is 19.0 Å². The number of carbonyl (C=O) groups excluding carboxylic acids is 2. The first-order chi connectivity index (χ1) is 15.4. The zero-order valence-electron chi connectivity index (χ0n) is 17.8. The van der Waals surface area contributed by atoms with Gasteiger partial charge in [-0.25, -0.2) is 4.39 Å². The molecule has 0 bridgehead atoms. The van der Waals surface area contributed by atoms with Crippen LogP contribution in [0.4, 0.5) is 10.1 Å². The van der Waals surface area contributed by atoms with E-state index in [1.54, 1.807) is 24.0 Å². The van der Waals surface area contributed by atoms with E-state index in [0.29, 0.717) is 12.1 Å². The van der Waals surface area contributed by atoms with Gasteiger partial charge < -0.3 is 20.3 Å². The number of esters is 1. The van der Waals surface area contributed by atoms with E-state index in [2.05, 4.69) is 16.7 Å². The smallest absolute Gasteiger partial charge is 0.325 e. The van der Waals surface area contributed by atoms with Crippen LogP contribution in [0.15, 0.2) is 48.5 Å². The first kappa shape index (κ1) is 25.1. The first-order valence-electron chi connectivity index (χ1n) is 10.2. The zero-order chi connectivity index (χ0) is 23.3. The second-order valence-electron chi connectivity index (χ2n) is 7.12. The lowest BCUT2D eigenvalue weighted by atomic mass is 10.2. The maximum atomic E-state index is 13.8. The second kappa shape index (κ2) is 13.3. The van der Waals surface area contributed by atoms with E-state index in [9.17, 15) is 14.0 Å². The summed E-state index contributed by atoms with van der Waals surface area (Å²) < 4.78 is 19.1. The summed E-state index contributed by atoms with van der Waals surface area (Å²) in [6.45, 7) is 2.30. The topological polar surface area (TPSA) is 94.5 Å². The summed E-state index contributed by atoms with van der Waals surface area (Å²) >= 11 is 5.72. The van der Waals surface area contributed by atoms with E-state index < -0.39 is 11.8 Å². The van der Waals surface area contributed by atoms with Crippen molar-refractivity contribution in [2.45, 2.75) is 25.9 Å². The number of amides is 1. The molecule has 0 radical (unpaired) electrons. The number of ether oxygens (including phenoxy) is 1. The molecule has 170 valence electrons. The molecule has 0 saturated carbocycles. The maximum Gasteiger partial charge on any atom is 0.325 e. The quantitative estimate of drug-likeness (QED) is 0.473. The fourth-order valence-electron chi connectivity index (χ4n) is 2.81. The third kappa shape index (κ3) is 8.53. The van der Waals surface area contributed by atoms with E-state index in [0.717, 1.165) is 5.69 Å². The fourth-order valence-corrected chi connectivity index (χ4v) is 3.00. The SMILES string of the molecule is CC(COC(=O)CN(CCC#N)c1ccccc1)NCC(=O)NCc1cccc(Cl)c1F. The van der Waals surface area contributed by atoms with Crippen molar-refractivity contribution in [3.05, 3.63) is 64.9 Å². The van der Waals surface area contributed by atoms with Gasteiger partial charge in [-0.05, 0) is 25.1 Å². The summed E-state index contributed by atoms with van der Waals surface area (Å²) in [7, 11) is 0. The Labute approximate surface area is 192 Å². The van der Waals surface area contributed by atoms with E-state index >= 15 is 0 Å². The number of nitrogens with zero attached hydrogens (tertiary/aromatic N) is 2. The molecule has 1 atom stereocenters. The number of hydrogen-bond acceptors (Lipinski definition) is 6. The van der Waals surface area contributed by atoms with Gasteiger partial charge in [0.2, 0.25) is 5.91 Å². The van der Waals surface area contributed by atoms with Crippen LogP contribution in [0.2, 0.25) is 5.02 Å². The lowest BCUT2D eigenvalue weighted by molar-refractivity contribution is -0.142. The zero-order valence-corrected chi connectivity index (χ0v) is 18.6. The summed E-state index contributed by atoms with van der Waals surface area (Å²) in [5.41, 5.74) is 1.13. The van der Waals surface area contributed by atoms with Crippen LogP contribution >= 0.6 is 11.6 Å². The molecule has 0 heterocycles. The Hall–Kier alpha value is -3.15. The molecule has 2 N–H and O–H groups in total. The fraction of sp³-hybridized carbons (Fsp3) is 0.348. The highest BCUT2D eigenvalue weighted by atomic mass is 35.5. The van der Waals surface area contributed by atoms with Gasteiger partial charge in [0.15, 0.2) is 0 Å². The average molecular weight is 461 g/mol. The van der Waals surface area contributed by atoms with Gasteiger partial charge in [0, 0.05) is 30.4 Å². The number of nitrogens with one attached hydrogen (secondary N) is 2. The Kier molecular flexibility index (Phi) is 10.4. The van der Waals surface area contributed by atoms with E-state index in [1.807, 2.05) is 30.3 Å². The minimum Gasteiger partial charge on any atom is -0.463 e. The molecule has 9 heteroatoms. The highest BCUT2D eigenvalue weighted by Crippen LogP contribution is 2.17. The number of rotatable bonds is 12. The molecule has 0 aliphatic carbocycles. The van der Waals surface area contributed by atoms with Crippen LogP contribution in [0, 0.1) is 17.1 Å². The van der Waals surface area contributed by atoms with Crippen molar-refractivity contribution in [3.63, 3.8) is 0 Å². The minimum atomic E-state index is -0.554. The van der Waals surface area contributed by atoms with Crippen molar-refractivity contribution in [3.8, 4) is 6.07 Å². The van der Waals surface area contributed by atoms with Crippen LogP contribution in [0.25, 0.3) is 0 Å². The van der Waals surface area contributed by atoms with Crippen LogP contribution in [0.3, 0.4) is 0 Å².